The van der Waals surface area contributed by atoms with Crippen LogP contribution in [0.15, 0.2) is 39.4 Å². The molecule has 29 heavy (non-hydrogen) atoms. The van der Waals surface area contributed by atoms with Gasteiger partial charge >= 0.3 is 0 Å². The Bertz CT molecular complexity index is 768. The third kappa shape index (κ3) is 4.60. The van der Waals surface area contributed by atoms with Gasteiger partial charge in [0.05, 0.1) is 44.5 Å². The van der Waals surface area contributed by atoms with Gasteiger partial charge in [0.2, 0.25) is 0 Å². The van der Waals surface area contributed by atoms with E-state index >= 15 is 0 Å². The van der Waals surface area contributed by atoms with Crippen molar-refractivity contribution in [2.75, 3.05) is 78.9 Å². The van der Waals surface area contributed by atoms with Crippen LogP contribution in [0.4, 0.5) is 0 Å². The normalized spacial score (nSPS) is 23.7. The molecule has 0 amide bonds. The van der Waals surface area contributed by atoms with Crippen molar-refractivity contribution in [2.45, 2.75) is 4.90 Å². The number of morpholine rings is 3. The molecule has 3 aliphatic heterocycles. The SMILES string of the molecule is O=S(=O)(N=P(N1CCOCC1)(N1CCOCC1)N1CCOCC1)c1ccccc1. The van der Waals surface area contributed by atoms with Gasteiger partial charge in [0.15, 0.2) is 7.51 Å². The fourth-order valence-corrected chi connectivity index (χ4v) is 10.4. The molecule has 0 bridgehead atoms. The van der Waals surface area contributed by atoms with E-state index in [1.54, 1.807) is 24.3 Å². The summed E-state index contributed by atoms with van der Waals surface area (Å²) in [7, 11) is -6.55. The predicted octanol–water partition coefficient (Wildman–Crippen LogP) is 1.32. The average molecular weight is 444 g/mol. The van der Waals surface area contributed by atoms with E-state index in [4.69, 9.17) is 18.4 Å². The molecule has 3 fully saturated rings. The lowest BCUT2D eigenvalue weighted by molar-refractivity contribution is 0.0376. The van der Waals surface area contributed by atoms with Gasteiger partial charge in [0.1, 0.15) is 0 Å². The Morgan fingerprint density at radius 3 is 1.45 bits per heavy atom. The Morgan fingerprint density at radius 1 is 0.690 bits per heavy atom. The Labute approximate surface area is 172 Å². The van der Waals surface area contributed by atoms with E-state index in [-0.39, 0.29) is 4.90 Å². The van der Waals surface area contributed by atoms with Crippen molar-refractivity contribution in [1.82, 2.24) is 14.0 Å². The van der Waals surface area contributed by atoms with Gasteiger partial charge in [-0.05, 0) is 12.1 Å². The van der Waals surface area contributed by atoms with Gasteiger partial charge < -0.3 is 14.2 Å². The van der Waals surface area contributed by atoms with Gasteiger partial charge in [0.25, 0.3) is 10.0 Å². The smallest absolute Gasteiger partial charge is 0.284 e. The van der Waals surface area contributed by atoms with Crippen molar-refractivity contribution >= 4 is 17.5 Å². The maximum Gasteiger partial charge on any atom is 0.284 e. The molecule has 162 valence electrons. The minimum absolute atomic E-state index is 0.235. The molecule has 4 rings (SSSR count). The predicted molar refractivity (Wildman–Crippen MR) is 110 cm³/mol. The van der Waals surface area contributed by atoms with E-state index < -0.39 is 17.5 Å². The van der Waals surface area contributed by atoms with E-state index in [0.29, 0.717) is 78.9 Å². The van der Waals surface area contributed by atoms with Gasteiger partial charge in [-0.2, -0.15) is 8.42 Å². The monoisotopic (exact) mass is 444 g/mol. The zero-order valence-electron chi connectivity index (χ0n) is 16.6. The minimum atomic E-state index is -3.84. The van der Waals surface area contributed by atoms with Crippen LogP contribution in [0.3, 0.4) is 0 Å². The lowest BCUT2D eigenvalue weighted by atomic mass is 10.4. The summed E-state index contributed by atoms with van der Waals surface area (Å²) in [5, 5.41) is 0. The molecule has 11 heteroatoms. The molecule has 0 saturated carbocycles. The van der Waals surface area contributed by atoms with Crippen molar-refractivity contribution < 1.29 is 22.6 Å². The van der Waals surface area contributed by atoms with Crippen molar-refractivity contribution in [3.8, 4) is 0 Å². The molecular formula is C18H29N4O5PS. The van der Waals surface area contributed by atoms with E-state index in [2.05, 4.69) is 14.0 Å². The maximum absolute atomic E-state index is 13.5. The van der Waals surface area contributed by atoms with Crippen LogP contribution in [-0.4, -0.2) is 101 Å². The van der Waals surface area contributed by atoms with Crippen LogP contribution in [0.2, 0.25) is 0 Å². The summed E-state index contributed by atoms with van der Waals surface area (Å²) < 4.78 is 55.2. The van der Waals surface area contributed by atoms with Gasteiger partial charge in [-0.1, -0.05) is 18.2 Å². The van der Waals surface area contributed by atoms with Crippen LogP contribution in [0.1, 0.15) is 0 Å². The number of nitrogens with zero attached hydrogens (tertiary/aromatic N) is 4. The number of hydrogen-bond acceptors (Lipinski definition) is 5. The molecule has 1 aromatic rings. The summed E-state index contributed by atoms with van der Waals surface area (Å²) >= 11 is 0. The highest BCUT2D eigenvalue weighted by Gasteiger charge is 2.44. The second-order valence-electron chi connectivity index (χ2n) is 7.10. The third-order valence-corrected chi connectivity index (χ3v) is 11.4. The lowest BCUT2D eigenvalue weighted by Crippen LogP contribution is -2.51. The van der Waals surface area contributed by atoms with Gasteiger partial charge in [-0.25, -0.2) is 14.0 Å². The fraction of sp³-hybridized carbons (Fsp3) is 0.667. The summed E-state index contributed by atoms with van der Waals surface area (Å²) in [5.41, 5.74) is 0. The van der Waals surface area contributed by atoms with E-state index in [1.165, 1.54) is 0 Å². The molecule has 0 atom stereocenters. The molecule has 3 saturated heterocycles. The second-order valence-corrected chi connectivity index (χ2v) is 11.9. The zero-order valence-corrected chi connectivity index (χ0v) is 18.3. The number of sulfonamides is 1. The standard InChI is InChI=1S/C18H29N4O5PS/c23-29(24,18-4-2-1-3-5-18)19-28(20-6-12-25-13-7-20,21-8-14-26-15-9-21)22-10-16-27-17-11-22/h1-5H,6-17H2. The fourth-order valence-electron chi connectivity index (χ4n) is 3.94. The Balaban J connectivity index is 1.87. The zero-order chi connectivity index (χ0) is 20.2. The molecule has 0 radical (unpaired) electrons. The topological polar surface area (TPSA) is 83.9 Å². The summed E-state index contributed by atoms with van der Waals surface area (Å²) in [6.07, 6.45) is 0. The maximum atomic E-state index is 13.5. The molecule has 3 aliphatic rings. The van der Waals surface area contributed by atoms with Gasteiger partial charge in [-0.3, -0.25) is 0 Å². The van der Waals surface area contributed by atoms with Crippen molar-refractivity contribution in [2.24, 2.45) is 4.15 Å². The summed E-state index contributed by atoms with van der Waals surface area (Å²) in [4.78, 5) is 0.235. The third-order valence-electron chi connectivity index (χ3n) is 5.36. The Hall–Kier alpha value is -0.840. The second kappa shape index (κ2) is 9.53. The molecule has 3 heterocycles. The summed E-state index contributed by atoms with van der Waals surface area (Å²) in [6, 6.07) is 8.52. The largest absolute Gasteiger partial charge is 0.379 e. The Morgan fingerprint density at radius 2 is 1.07 bits per heavy atom. The van der Waals surface area contributed by atoms with E-state index in [9.17, 15) is 8.42 Å². The molecule has 1 aromatic carbocycles. The first-order chi connectivity index (χ1) is 14.1. The number of benzene rings is 1. The van der Waals surface area contributed by atoms with Gasteiger partial charge in [0, 0.05) is 39.3 Å². The molecule has 0 aromatic heterocycles. The van der Waals surface area contributed by atoms with Crippen molar-refractivity contribution in [1.29, 1.82) is 0 Å². The number of ether oxygens (including phenoxy) is 3. The van der Waals surface area contributed by atoms with Crippen LogP contribution in [0, 0.1) is 0 Å². The first-order valence-corrected chi connectivity index (χ1v) is 13.1. The molecule has 0 aliphatic carbocycles. The molecule has 9 nitrogen and oxygen atoms in total. The van der Waals surface area contributed by atoms with Crippen LogP contribution >= 0.6 is 7.51 Å². The van der Waals surface area contributed by atoms with E-state index in [0.717, 1.165) is 0 Å². The van der Waals surface area contributed by atoms with Crippen LogP contribution in [0.5, 0.6) is 0 Å². The number of hydrogen-bond donors (Lipinski definition) is 0. The highest BCUT2D eigenvalue weighted by molar-refractivity contribution is 7.93. The van der Waals surface area contributed by atoms with Crippen LogP contribution in [-0.2, 0) is 24.2 Å². The van der Waals surface area contributed by atoms with Crippen LogP contribution < -0.4 is 0 Å². The quantitative estimate of drug-likeness (QED) is 0.629. The summed E-state index contributed by atoms with van der Waals surface area (Å²) in [6.45, 7) is 7.46. The summed E-state index contributed by atoms with van der Waals surface area (Å²) in [5.74, 6) is 0. The molecule has 0 spiro atoms. The average Bonchev–Trinajstić information content (AvgIpc) is 2.80. The molecular weight excluding hydrogens is 415 g/mol. The first-order valence-electron chi connectivity index (χ1n) is 10.1. The van der Waals surface area contributed by atoms with Gasteiger partial charge in [-0.15, -0.1) is 4.15 Å². The van der Waals surface area contributed by atoms with Crippen molar-refractivity contribution in [3.05, 3.63) is 30.3 Å². The molecule has 0 unspecified atom stereocenters. The number of rotatable bonds is 5. The van der Waals surface area contributed by atoms with E-state index in [1.807, 2.05) is 6.07 Å². The highest BCUT2D eigenvalue weighted by Crippen LogP contribution is 2.61. The minimum Gasteiger partial charge on any atom is -0.379 e. The molecule has 0 N–H and O–H groups in total. The lowest BCUT2D eigenvalue weighted by Gasteiger charge is -2.51. The highest BCUT2D eigenvalue weighted by atomic mass is 32.2. The van der Waals surface area contributed by atoms with Crippen molar-refractivity contribution in [3.63, 3.8) is 0 Å². The van der Waals surface area contributed by atoms with Crippen LogP contribution in [0.25, 0.3) is 0 Å². The first kappa shape index (κ1) is 21.4. The Kier molecular flexibility index (Phi) is 7.03.